The first kappa shape index (κ1) is 44.5. The summed E-state index contributed by atoms with van der Waals surface area (Å²) in [6, 6.07) is -0.0833. The van der Waals surface area contributed by atoms with Crippen LogP contribution in [0.3, 0.4) is 0 Å². The quantitative estimate of drug-likeness (QED) is 0.0835. The van der Waals surface area contributed by atoms with Crippen LogP contribution in [0.25, 0.3) is 0 Å². The van der Waals surface area contributed by atoms with Crippen molar-refractivity contribution in [3.63, 3.8) is 0 Å². The maximum Gasteiger partial charge on any atom is 0.333 e. The van der Waals surface area contributed by atoms with E-state index in [1.165, 1.54) is 0 Å². The number of primary amides is 1. The van der Waals surface area contributed by atoms with Gasteiger partial charge in [-0.2, -0.15) is 0 Å². The van der Waals surface area contributed by atoms with E-state index in [1.54, 1.807) is 6.92 Å². The normalized spacial score (nSPS) is 17.0. The molecule has 0 bridgehead atoms. The van der Waals surface area contributed by atoms with Crippen molar-refractivity contribution < 1.29 is 23.9 Å². The van der Waals surface area contributed by atoms with Crippen LogP contribution in [0.5, 0.6) is 0 Å². The van der Waals surface area contributed by atoms with Gasteiger partial charge in [0.15, 0.2) is 0 Å². The van der Waals surface area contributed by atoms with Gasteiger partial charge in [0.1, 0.15) is 0 Å². The fourth-order valence-electron chi connectivity index (χ4n) is 4.82. The lowest BCUT2D eigenvalue weighted by Crippen LogP contribution is -2.42. The molecule has 0 heterocycles. The standard InChI is InChI=1S/C22H33NO.C19H33NO4/c1-2-3-4-5-6-7-8-9-10-11-12-13-14-15-16-17-18-19-20-21-22(23)24;1-6-16(7-2)24-17-11-14(19(22)23-8-3)10-15(12-17)20-18(21)9-13(4)5/h3-4,6-7,9-10,12-13,15-16,18-19H,2,5,8,11,14,17,20-21H2,1H3,(H2,23,24);11,13,15-17H,6-10,12H2,1-5H3,(H,20,21)/b4-3-,7-6-,10-9-,13-12-,16-15-,19-18-;. The van der Waals surface area contributed by atoms with Gasteiger partial charge in [-0.15, -0.1) is 0 Å². The molecule has 2 atom stereocenters. The molecular weight excluding hydrogens is 600 g/mol. The Balaban J connectivity index is 0.000000920. The summed E-state index contributed by atoms with van der Waals surface area (Å²) in [6.45, 7) is 12.5. The number of carbonyl (C=O) groups excluding carboxylic acids is 3. The van der Waals surface area contributed by atoms with E-state index in [9.17, 15) is 14.4 Å². The topological polar surface area (TPSA) is 108 Å². The minimum atomic E-state index is -0.307. The highest BCUT2D eigenvalue weighted by molar-refractivity contribution is 5.89. The third kappa shape index (κ3) is 26.6. The first-order valence-electron chi connectivity index (χ1n) is 18.2. The molecule has 1 aliphatic rings. The van der Waals surface area contributed by atoms with Gasteiger partial charge in [0.05, 0.1) is 18.8 Å². The molecule has 0 fully saturated rings. The van der Waals surface area contributed by atoms with E-state index in [-0.39, 0.29) is 36.0 Å². The lowest BCUT2D eigenvalue weighted by molar-refractivity contribution is -0.139. The Hall–Kier alpha value is -3.45. The van der Waals surface area contributed by atoms with Crippen LogP contribution in [0.15, 0.2) is 84.6 Å². The van der Waals surface area contributed by atoms with Crippen molar-refractivity contribution in [3.8, 4) is 0 Å². The molecule has 0 aromatic rings. The van der Waals surface area contributed by atoms with Gasteiger partial charge in [-0.25, -0.2) is 4.79 Å². The number of rotatable bonds is 23. The predicted molar refractivity (Wildman–Crippen MR) is 201 cm³/mol. The van der Waals surface area contributed by atoms with E-state index in [2.05, 4.69) is 92.9 Å². The maximum absolute atomic E-state index is 12.1. The van der Waals surface area contributed by atoms with E-state index in [4.69, 9.17) is 15.2 Å². The highest BCUT2D eigenvalue weighted by atomic mass is 16.5. The van der Waals surface area contributed by atoms with Crippen LogP contribution in [0.4, 0.5) is 0 Å². The van der Waals surface area contributed by atoms with Crippen molar-refractivity contribution >= 4 is 17.8 Å². The Labute approximate surface area is 292 Å². The average molecular weight is 667 g/mol. The van der Waals surface area contributed by atoms with Gasteiger partial charge in [-0.3, -0.25) is 9.59 Å². The number of hydrogen-bond acceptors (Lipinski definition) is 5. The Morgan fingerprint density at radius 1 is 0.812 bits per heavy atom. The van der Waals surface area contributed by atoms with Gasteiger partial charge in [-0.1, -0.05) is 108 Å². The Kier molecular flexibility index (Phi) is 28.6. The van der Waals surface area contributed by atoms with Crippen molar-refractivity contribution in [2.75, 3.05) is 6.61 Å². The largest absolute Gasteiger partial charge is 0.463 e. The Bertz CT molecular complexity index is 1080. The van der Waals surface area contributed by atoms with Crippen molar-refractivity contribution in [2.45, 2.75) is 143 Å². The van der Waals surface area contributed by atoms with Crippen LogP contribution in [0.1, 0.15) is 125 Å². The molecule has 0 saturated carbocycles. The summed E-state index contributed by atoms with van der Waals surface area (Å²) >= 11 is 0. The van der Waals surface area contributed by atoms with Crippen LogP contribution < -0.4 is 11.1 Å². The first-order chi connectivity index (χ1) is 23.2. The van der Waals surface area contributed by atoms with Crippen molar-refractivity contribution in [1.29, 1.82) is 0 Å². The third-order valence-electron chi connectivity index (χ3n) is 7.30. The van der Waals surface area contributed by atoms with Gasteiger partial charge in [-0.05, 0) is 89.5 Å². The minimum absolute atomic E-state index is 0.0291. The molecule has 270 valence electrons. The van der Waals surface area contributed by atoms with E-state index < -0.39 is 0 Å². The zero-order valence-corrected chi connectivity index (χ0v) is 30.8. The number of nitrogens with one attached hydrogen (secondary N) is 1. The summed E-state index contributed by atoms with van der Waals surface area (Å²) < 4.78 is 11.2. The molecule has 0 radical (unpaired) electrons. The second kappa shape index (κ2) is 30.9. The second-order valence-corrected chi connectivity index (χ2v) is 12.2. The summed E-state index contributed by atoms with van der Waals surface area (Å²) in [5, 5.41) is 3.05. The van der Waals surface area contributed by atoms with Crippen LogP contribution in [-0.4, -0.2) is 42.6 Å². The highest BCUT2D eigenvalue weighted by Gasteiger charge is 2.29. The molecule has 0 aromatic carbocycles. The van der Waals surface area contributed by atoms with Gasteiger partial charge in [0.2, 0.25) is 11.8 Å². The lowest BCUT2D eigenvalue weighted by atomic mass is 9.92. The third-order valence-corrected chi connectivity index (χ3v) is 7.30. The van der Waals surface area contributed by atoms with E-state index in [0.29, 0.717) is 43.8 Å². The molecule has 1 aliphatic carbocycles. The highest BCUT2D eigenvalue weighted by Crippen LogP contribution is 2.24. The van der Waals surface area contributed by atoms with Crippen LogP contribution in [0, 0.1) is 5.92 Å². The average Bonchev–Trinajstić information content (AvgIpc) is 3.04. The van der Waals surface area contributed by atoms with E-state index in [0.717, 1.165) is 57.8 Å². The van der Waals surface area contributed by atoms with Crippen molar-refractivity contribution in [2.24, 2.45) is 11.7 Å². The van der Waals surface area contributed by atoms with Gasteiger partial charge in [0, 0.05) is 24.5 Å². The van der Waals surface area contributed by atoms with Crippen molar-refractivity contribution in [3.05, 3.63) is 84.6 Å². The molecule has 1 rings (SSSR count). The number of nitrogens with two attached hydrogens (primary N) is 1. The molecule has 2 amide bonds. The molecule has 3 N–H and O–H groups in total. The smallest absolute Gasteiger partial charge is 0.333 e. The fourth-order valence-corrected chi connectivity index (χ4v) is 4.82. The Morgan fingerprint density at radius 2 is 1.31 bits per heavy atom. The molecule has 0 saturated heterocycles. The molecular formula is C41H66N2O5. The van der Waals surface area contributed by atoms with E-state index in [1.807, 2.05) is 26.0 Å². The number of amides is 2. The molecule has 0 spiro atoms. The van der Waals surface area contributed by atoms with Crippen LogP contribution in [-0.2, 0) is 23.9 Å². The molecule has 0 aliphatic heterocycles. The van der Waals surface area contributed by atoms with Gasteiger partial charge >= 0.3 is 5.97 Å². The first-order valence-corrected chi connectivity index (χ1v) is 18.2. The summed E-state index contributed by atoms with van der Waals surface area (Å²) in [6.07, 6.45) is 38.6. The molecule has 7 heteroatoms. The number of ether oxygens (including phenoxy) is 2. The summed E-state index contributed by atoms with van der Waals surface area (Å²) in [7, 11) is 0. The molecule has 7 nitrogen and oxygen atoms in total. The lowest BCUT2D eigenvalue weighted by Gasteiger charge is -2.31. The Morgan fingerprint density at radius 3 is 1.75 bits per heavy atom. The minimum Gasteiger partial charge on any atom is -0.463 e. The molecule has 48 heavy (non-hydrogen) atoms. The number of carbonyl (C=O) groups is 3. The summed E-state index contributed by atoms with van der Waals surface area (Å²) in [4.78, 5) is 34.7. The summed E-state index contributed by atoms with van der Waals surface area (Å²) in [5.74, 6) is -0.209. The van der Waals surface area contributed by atoms with Crippen LogP contribution >= 0.6 is 0 Å². The SMILES string of the molecule is CC/C=C\C/C=C\C/C=C\C/C=C\C/C=C\C/C=C\CCC(N)=O.CCOC(=O)C1=CC(OC(CC)CC)CC(NC(=O)CC(C)C)C1. The zero-order valence-electron chi connectivity index (χ0n) is 30.8. The van der Waals surface area contributed by atoms with Gasteiger partial charge < -0.3 is 20.5 Å². The predicted octanol–water partition coefficient (Wildman–Crippen LogP) is 9.32. The maximum atomic E-state index is 12.1. The zero-order chi connectivity index (χ0) is 35.8. The molecule has 2 unspecified atom stereocenters. The monoisotopic (exact) mass is 666 g/mol. The van der Waals surface area contributed by atoms with Gasteiger partial charge in [0.25, 0.3) is 0 Å². The van der Waals surface area contributed by atoms with Crippen molar-refractivity contribution in [1.82, 2.24) is 5.32 Å². The van der Waals surface area contributed by atoms with E-state index >= 15 is 0 Å². The second-order valence-electron chi connectivity index (χ2n) is 12.2. The van der Waals surface area contributed by atoms with Crippen LogP contribution in [0.2, 0.25) is 0 Å². The number of esters is 1. The summed E-state index contributed by atoms with van der Waals surface area (Å²) in [5.41, 5.74) is 5.67. The fraction of sp³-hybridized carbons (Fsp3) is 0.585. The molecule has 0 aromatic heterocycles. The number of allylic oxidation sites excluding steroid dienone is 12. The number of hydrogen-bond donors (Lipinski definition) is 2.